The van der Waals surface area contributed by atoms with Gasteiger partial charge in [-0.2, -0.15) is 0 Å². The minimum atomic E-state index is -0.276. The van der Waals surface area contributed by atoms with Gasteiger partial charge < -0.3 is 14.2 Å². The van der Waals surface area contributed by atoms with Crippen LogP contribution in [-0.4, -0.2) is 43.4 Å². The van der Waals surface area contributed by atoms with Crippen molar-refractivity contribution in [3.63, 3.8) is 0 Å². The van der Waals surface area contributed by atoms with E-state index >= 15 is 0 Å². The van der Waals surface area contributed by atoms with Gasteiger partial charge in [0.1, 0.15) is 0 Å². The molecule has 0 bridgehead atoms. The van der Waals surface area contributed by atoms with Gasteiger partial charge in [0.2, 0.25) is 0 Å². The smallest absolute Gasteiger partial charge is 0.399 e. The average Bonchev–Trinajstić information content (AvgIpc) is 2.80. The molecule has 0 spiro atoms. The Balaban J connectivity index is 0.00000109. The summed E-state index contributed by atoms with van der Waals surface area (Å²) in [5.74, 6) is 0.805. The van der Waals surface area contributed by atoms with Crippen LogP contribution in [0.3, 0.4) is 0 Å². The standard InChI is InChI=1S/C19H30BNO2.C2H6/c1-18(2)19(3,4)23-20(22-18)17-8-6-7-16(14-17)13-15-9-11-21(5)12-10-15;1-2/h6-8,14-15H,9-13H2,1-5H3;1-2H3. The van der Waals surface area contributed by atoms with Gasteiger partial charge >= 0.3 is 7.12 Å². The molecule has 0 saturated carbocycles. The molecule has 0 unspecified atom stereocenters. The van der Waals surface area contributed by atoms with Crippen LogP contribution in [0.2, 0.25) is 0 Å². The largest absolute Gasteiger partial charge is 0.494 e. The van der Waals surface area contributed by atoms with Crippen molar-refractivity contribution in [3.8, 4) is 0 Å². The summed E-state index contributed by atoms with van der Waals surface area (Å²) < 4.78 is 12.4. The van der Waals surface area contributed by atoms with Crippen molar-refractivity contribution in [2.24, 2.45) is 5.92 Å². The molecule has 0 amide bonds. The second-order valence-corrected chi connectivity index (χ2v) is 8.28. The van der Waals surface area contributed by atoms with E-state index in [9.17, 15) is 0 Å². The maximum atomic E-state index is 6.18. The van der Waals surface area contributed by atoms with E-state index in [1.54, 1.807) is 0 Å². The predicted molar refractivity (Wildman–Crippen MR) is 107 cm³/mol. The maximum Gasteiger partial charge on any atom is 0.494 e. The topological polar surface area (TPSA) is 21.7 Å². The summed E-state index contributed by atoms with van der Waals surface area (Å²) in [6, 6.07) is 8.79. The van der Waals surface area contributed by atoms with Crippen molar-refractivity contribution < 1.29 is 9.31 Å². The summed E-state index contributed by atoms with van der Waals surface area (Å²) in [6.07, 6.45) is 3.77. The minimum absolute atomic E-state index is 0.252. The van der Waals surface area contributed by atoms with Crippen LogP contribution in [0.5, 0.6) is 0 Å². The Hall–Kier alpha value is -0.835. The van der Waals surface area contributed by atoms with Crippen LogP contribution in [-0.2, 0) is 15.7 Å². The van der Waals surface area contributed by atoms with E-state index in [0.717, 1.165) is 11.4 Å². The van der Waals surface area contributed by atoms with Crippen LogP contribution in [0.1, 0.15) is 59.9 Å². The van der Waals surface area contributed by atoms with Crippen molar-refractivity contribution in [1.29, 1.82) is 0 Å². The highest BCUT2D eigenvalue weighted by Gasteiger charge is 2.51. The SMILES string of the molecule is CC.CN1CCC(Cc2cccc(B3OC(C)(C)C(C)(C)O3)c2)CC1. The summed E-state index contributed by atoms with van der Waals surface area (Å²) >= 11 is 0. The lowest BCUT2D eigenvalue weighted by molar-refractivity contribution is 0.00578. The fourth-order valence-corrected chi connectivity index (χ4v) is 3.45. The third kappa shape index (κ3) is 4.87. The minimum Gasteiger partial charge on any atom is -0.399 e. The molecule has 3 rings (SSSR count). The monoisotopic (exact) mass is 345 g/mol. The molecule has 2 aliphatic rings. The van der Waals surface area contributed by atoms with Crippen molar-refractivity contribution in [1.82, 2.24) is 4.90 Å². The maximum absolute atomic E-state index is 6.18. The molecule has 2 saturated heterocycles. The van der Waals surface area contributed by atoms with Crippen molar-refractivity contribution in [2.75, 3.05) is 20.1 Å². The Morgan fingerprint density at radius 3 is 2.16 bits per heavy atom. The van der Waals surface area contributed by atoms with E-state index in [1.165, 1.54) is 37.9 Å². The Labute approximate surface area is 155 Å². The first-order valence-corrected chi connectivity index (χ1v) is 9.90. The fraction of sp³-hybridized carbons (Fsp3) is 0.714. The van der Waals surface area contributed by atoms with Gasteiger partial charge in [-0.25, -0.2) is 0 Å². The molecule has 0 aliphatic carbocycles. The molecule has 140 valence electrons. The summed E-state index contributed by atoms with van der Waals surface area (Å²) in [7, 11) is 1.97. The first-order chi connectivity index (χ1) is 11.8. The zero-order valence-electron chi connectivity index (χ0n) is 17.3. The highest BCUT2D eigenvalue weighted by Crippen LogP contribution is 2.36. The predicted octanol–water partition coefficient (Wildman–Crippen LogP) is 3.90. The van der Waals surface area contributed by atoms with Crippen molar-refractivity contribution >= 4 is 12.6 Å². The number of nitrogens with zero attached hydrogens (tertiary/aromatic N) is 1. The van der Waals surface area contributed by atoms with Gasteiger partial charge in [-0.1, -0.05) is 38.1 Å². The summed E-state index contributed by atoms with van der Waals surface area (Å²) in [4.78, 5) is 2.43. The molecule has 1 aromatic rings. The molecular weight excluding hydrogens is 309 g/mol. The van der Waals surface area contributed by atoms with E-state index in [4.69, 9.17) is 9.31 Å². The molecule has 2 heterocycles. The number of likely N-dealkylation sites (tertiary alicyclic amines) is 1. The average molecular weight is 345 g/mol. The number of benzene rings is 1. The zero-order chi connectivity index (χ0) is 18.7. The lowest BCUT2D eigenvalue weighted by Gasteiger charge is -2.32. The highest BCUT2D eigenvalue weighted by molar-refractivity contribution is 6.62. The van der Waals surface area contributed by atoms with Crippen molar-refractivity contribution in [3.05, 3.63) is 29.8 Å². The lowest BCUT2D eigenvalue weighted by Crippen LogP contribution is -2.41. The van der Waals surface area contributed by atoms with Gasteiger partial charge in [-0.05, 0) is 84.0 Å². The van der Waals surface area contributed by atoms with Crippen LogP contribution < -0.4 is 5.46 Å². The number of hydrogen-bond donors (Lipinski definition) is 0. The molecule has 2 fully saturated rings. The number of hydrogen-bond acceptors (Lipinski definition) is 3. The number of rotatable bonds is 3. The third-order valence-electron chi connectivity index (χ3n) is 5.84. The molecule has 0 atom stereocenters. The first-order valence-electron chi connectivity index (χ1n) is 9.90. The highest BCUT2D eigenvalue weighted by atomic mass is 16.7. The Bertz CT molecular complexity index is 535. The Morgan fingerprint density at radius 2 is 1.60 bits per heavy atom. The molecule has 0 N–H and O–H groups in total. The molecule has 25 heavy (non-hydrogen) atoms. The van der Waals surface area contributed by atoms with Crippen LogP contribution in [0.25, 0.3) is 0 Å². The van der Waals surface area contributed by atoms with Crippen molar-refractivity contribution in [2.45, 2.75) is 72.0 Å². The van der Waals surface area contributed by atoms with Crippen LogP contribution in [0.4, 0.5) is 0 Å². The van der Waals surface area contributed by atoms with E-state index in [0.29, 0.717) is 0 Å². The molecule has 1 aromatic carbocycles. The zero-order valence-corrected chi connectivity index (χ0v) is 17.3. The van der Waals surface area contributed by atoms with Gasteiger partial charge in [0.15, 0.2) is 0 Å². The van der Waals surface area contributed by atoms with Crippen LogP contribution in [0.15, 0.2) is 24.3 Å². The lowest BCUT2D eigenvalue weighted by atomic mass is 9.77. The molecule has 0 radical (unpaired) electrons. The first kappa shape index (κ1) is 20.5. The molecule has 0 aromatic heterocycles. The van der Waals surface area contributed by atoms with Gasteiger partial charge in [0.05, 0.1) is 11.2 Å². The number of piperidine rings is 1. The third-order valence-corrected chi connectivity index (χ3v) is 5.84. The Kier molecular flexibility index (Phi) is 6.75. The van der Waals surface area contributed by atoms with E-state index in [1.807, 2.05) is 13.8 Å². The Morgan fingerprint density at radius 1 is 1.04 bits per heavy atom. The van der Waals surface area contributed by atoms with Crippen LogP contribution in [0, 0.1) is 5.92 Å². The van der Waals surface area contributed by atoms with E-state index in [2.05, 4.69) is 63.9 Å². The quantitative estimate of drug-likeness (QED) is 0.776. The summed E-state index contributed by atoms with van der Waals surface area (Å²) in [5.41, 5.74) is 2.00. The van der Waals surface area contributed by atoms with Crippen LogP contribution >= 0.6 is 0 Å². The second kappa shape index (κ2) is 8.24. The van der Waals surface area contributed by atoms with Gasteiger partial charge in [0, 0.05) is 0 Å². The second-order valence-electron chi connectivity index (χ2n) is 8.28. The molecule has 3 nitrogen and oxygen atoms in total. The van der Waals surface area contributed by atoms with E-state index in [-0.39, 0.29) is 18.3 Å². The molecular formula is C21H36BNO2. The molecule has 2 aliphatic heterocycles. The normalized spacial score (nSPS) is 23.2. The molecule has 4 heteroatoms. The summed E-state index contributed by atoms with van der Waals surface area (Å²) in [6.45, 7) is 14.9. The van der Waals surface area contributed by atoms with Gasteiger partial charge in [-0.15, -0.1) is 0 Å². The van der Waals surface area contributed by atoms with Gasteiger partial charge in [-0.3, -0.25) is 0 Å². The van der Waals surface area contributed by atoms with Gasteiger partial charge in [0.25, 0.3) is 0 Å². The fourth-order valence-electron chi connectivity index (χ4n) is 3.45. The summed E-state index contributed by atoms with van der Waals surface area (Å²) in [5, 5.41) is 0. The van der Waals surface area contributed by atoms with E-state index < -0.39 is 0 Å².